The Morgan fingerprint density at radius 1 is 0.702 bits per heavy atom. The van der Waals surface area contributed by atoms with Crippen LogP contribution in [0.25, 0.3) is 11.1 Å². The van der Waals surface area contributed by atoms with Crippen LogP contribution >= 0.6 is 0 Å². The molecular weight excluding hydrogens is 735 g/mol. The Balaban J connectivity index is 1.94. The van der Waals surface area contributed by atoms with E-state index in [1.807, 2.05) is 6.07 Å². The number of unbranched alkanes of at least 4 members (excludes halogenated alkanes) is 2. The maximum atomic E-state index is 15.9. The maximum absolute atomic E-state index is 15.9. The van der Waals surface area contributed by atoms with E-state index in [2.05, 4.69) is 20.1 Å². The minimum Gasteiger partial charge on any atom is -0.492 e. The van der Waals surface area contributed by atoms with Gasteiger partial charge < -0.3 is 23.7 Å². The molecule has 1 aliphatic carbocycles. The molecule has 12 heteroatoms. The molecule has 0 aromatic heterocycles. The van der Waals surface area contributed by atoms with Crippen LogP contribution < -0.4 is 4.74 Å². The second kappa shape index (κ2) is 22.6. The number of Topliss-reactive ketones (excluding diaryl/α,β-unsaturated/α-hetero) is 2. The Morgan fingerprint density at radius 2 is 1.28 bits per heavy atom. The quantitative estimate of drug-likeness (QED) is 0.0353. The first-order valence-electron chi connectivity index (χ1n) is 19.6. The predicted molar refractivity (Wildman–Crippen MR) is 212 cm³/mol. The summed E-state index contributed by atoms with van der Waals surface area (Å²) in [4.78, 5) is 72.4. The fourth-order valence-corrected chi connectivity index (χ4v) is 6.58. The normalized spacial score (nSPS) is 15.2. The standard InChI is InChI=1S/C45H57FO11/c1-8-9-10-12-33-14-16-34(17-15-33)35-18-20-38(39(46)24-35)36-19-21-40(37(23-36)13-11-22-53-41(49)29(2)3)54-25-45(26-55-42(50)30(4)5,27-56-43(51)31(6)47)28-57-44(52)32(7)48/h18-21,23-24,33-34H,2,4,8-17,22,25-28H2,1,3,5-7H3. The summed E-state index contributed by atoms with van der Waals surface area (Å²) in [5.41, 5.74) is 1.25. The zero-order valence-electron chi connectivity index (χ0n) is 34.0. The van der Waals surface area contributed by atoms with E-state index in [0.29, 0.717) is 41.2 Å². The van der Waals surface area contributed by atoms with Gasteiger partial charge in [0.15, 0.2) is 0 Å². The molecule has 57 heavy (non-hydrogen) atoms. The third-order valence-electron chi connectivity index (χ3n) is 10.1. The molecule has 1 saturated carbocycles. The Labute approximate surface area is 335 Å². The summed E-state index contributed by atoms with van der Waals surface area (Å²) < 4.78 is 43.3. The highest BCUT2D eigenvalue weighted by Gasteiger charge is 2.38. The zero-order chi connectivity index (χ0) is 42.1. The second-order valence-corrected chi connectivity index (χ2v) is 15.2. The highest BCUT2D eigenvalue weighted by Crippen LogP contribution is 2.39. The lowest BCUT2D eigenvalue weighted by molar-refractivity contribution is -0.168. The van der Waals surface area contributed by atoms with Gasteiger partial charge in [-0.05, 0) is 99.1 Å². The van der Waals surface area contributed by atoms with E-state index in [0.717, 1.165) is 51.0 Å². The number of hydrogen-bond acceptors (Lipinski definition) is 11. The van der Waals surface area contributed by atoms with E-state index in [-0.39, 0.29) is 23.6 Å². The third-order valence-corrected chi connectivity index (χ3v) is 10.1. The van der Waals surface area contributed by atoms with Crippen molar-refractivity contribution in [2.75, 3.05) is 33.0 Å². The van der Waals surface area contributed by atoms with Gasteiger partial charge in [-0.25, -0.2) is 23.6 Å². The number of halogens is 1. The van der Waals surface area contributed by atoms with Crippen LogP contribution in [0.3, 0.4) is 0 Å². The van der Waals surface area contributed by atoms with Crippen molar-refractivity contribution in [2.45, 2.75) is 105 Å². The first kappa shape index (κ1) is 46.3. The van der Waals surface area contributed by atoms with Gasteiger partial charge in [0.2, 0.25) is 11.6 Å². The Kier molecular flexibility index (Phi) is 18.3. The molecule has 2 aromatic carbocycles. The Hall–Kier alpha value is -5.13. The summed E-state index contributed by atoms with van der Waals surface area (Å²) in [6.45, 7) is 12.3. The van der Waals surface area contributed by atoms with Crippen molar-refractivity contribution in [3.8, 4) is 16.9 Å². The summed E-state index contributed by atoms with van der Waals surface area (Å²) in [5, 5.41) is 0. The van der Waals surface area contributed by atoms with Crippen molar-refractivity contribution in [1.29, 1.82) is 0 Å². The predicted octanol–water partition coefficient (Wildman–Crippen LogP) is 8.15. The molecule has 3 rings (SSSR count). The first-order chi connectivity index (χ1) is 27.1. The average molecular weight is 793 g/mol. The molecule has 0 N–H and O–H groups in total. The molecule has 0 bridgehead atoms. The number of carbonyl (C=O) groups excluding carboxylic acids is 6. The lowest BCUT2D eigenvalue weighted by atomic mass is 9.77. The van der Waals surface area contributed by atoms with Crippen molar-refractivity contribution < 1.29 is 56.8 Å². The van der Waals surface area contributed by atoms with Gasteiger partial charge in [-0.2, -0.15) is 0 Å². The molecule has 1 aliphatic rings. The van der Waals surface area contributed by atoms with Gasteiger partial charge in [0.1, 0.15) is 43.4 Å². The van der Waals surface area contributed by atoms with Crippen LogP contribution in [0.4, 0.5) is 4.39 Å². The van der Waals surface area contributed by atoms with E-state index in [4.69, 9.17) is 23.7 Å². The number of ether oxygens (including phenoxy) is 5. The molecule has 1 fully saturated rings. The fraction of sp³-hybridized carbons (Fsp3) is 0.511. The van der Waals surface area contributed by atoms with Gasteiger partial charge in [0.05, 0.1) is 6.61 Å². The van der Waals surface area contributed by atoms with Crippen LogP contribution in [-0.2, 0) is 54.1 Å². The van der Waals surface area contributed by atoms with Crippen molar-refractivity contribution in [3.05, 3.63) is 77.6 Å². The molecule has 0 atom stereocenters. The Morgan fingerprint density at radius 3 is 1.82 bits per heavy atom. The minimum atomic E-state index is -1.61. The van der Waals surface area contributed by atoms with E-state index >= 15 is 4.39 Å². The molecule has 310 valence electrons. The topological polar surface area (TPSA) is 149 Å². The fourth-order valence-electron chi connectivity index (χ4n) is 6.58. The summed E-state index contributed by atoms with van der Waals surface area (Å²) in [5.74, 6) is -4.54. The van der Waals surface area contributed by atoms with Gasteiger partial charge in [-0.15, -0.1) is 0 Å². The summed E-state index contributed by atoms with van der Waals surface area (Å²) >= 11 is 0. The first-order valence-corrected chi connectivity index (χ1v) is 19.6. The van der Waals surface area contributed by atoms with E-state index in [1.54, 1.807) is 37.3 Å². The SMILES string of the molecule is C=C(C)C(=O)OCCCc1cc(-c2ccc(C3CCC(CCCCC)CC3)cc2F)ccc1OCC(COC(=O)C(=C)C)(COC(=O)C(C)=O)COC(=O)C(C)=O. The highest BCUT2D eigenvalue weighted by molar-refractivity contribution is 6.32. The van der Waals surface area contributed by atoms with E-state index in [1.165, 1.54) is 32.6 Å². The molecule has 0 unspecified atom stereocenters. The molecule has 11 nitrogen and oxygen atoms in total. The van der Waals surface area contributed by atoms with E-state index in [9.17, 15) is 28.8 Å². The van der Waals surface area contributed by atoms with Gasteiger partial charge in [-0.1, -0.05) is 64.0 Å². The number of rotatable bonds is 23. The Bertz CT molecular complexity index is 1710. The van der Waals surface area contributed by atoms with Crippen molar-refractivity contribution in [2.24, 2.45) is 11.3 Å². The number of aryl methyl sites for hydroxylation is 1. The number of benzene rings is 2. The minimum absolute atomic E-state index is 0.0574. The molecular formula is C45H57FO11. The number of ketones is 2. The van der Waals surface area contributed by atoms with Gasteiger partial charge in [-0.3, -0.25) is 9.59 Å². The molecule has 2 aromatic rings. The zero-order valence-corrected chi connectivity index (χ0v) is 34.0. The molecule has 0 saturated heterocycles. The summed E-state index contributed by atoms with van der Waals surface area (Å²) in [6.07, 6.45) is 10.0. The molecule has 0 aliphatic heterocycles. The van der Waals surface area contributed by atoms with Crippen LogP contribution in [0, 0.1) is 17.2 Å². The van der Waals surface area contributed by atoms with Crippen LogP contribution in [0.5, 0.6) is 5.75 Å². The second-order valence-electron chi connectivity index (χ2n) is 15.2. The third kappa shape index (κ3) is 14.7. The van der Waals surface area contributed by atoms with E-state index < -0.39 is 67.3 Å². The summed E-state index contributed by atoms with van der Waals surface area (Å²) in [6, 6.07) is 10.5. The smallest absolute Gasteiger partial charge is 0.374 e. The monoisotopic (exact) mass is 792 g/mol. The van der Waals surface area contributed by atoms with Crippen molar-refractivity contribution in [1.82, 2.24) is 0 Å². The number of esters is 4. The van der Waals surface area contributed by atoms with Crippen LogP contribution in [0.15, 0.2) is 60.7 Å². The molecule has 0 radical (unpaired) electrons. The lowest BCUT2D eigenvalue weighted by Crippen LogP contribution is -2.45. The van der Waals surface area contributed by atoms with Crippen LogP contribution in [0.1, 0.15) is 109 Å². The van der Waals surface area contributed by atoms with Crippen LogP contribution in [-0.4, -0.2) is 68.5 Å². The summed E-state index contributed by atoms with van der Waals surface area (Å²) in [7, 11) is 0. The van der Waals surface area contributed by atoms with Crippen LogP contribution in [0.2, 0.25) is 0 Å². The number of carbonyl (C=O) groups is 6. The van der Waals surface area contributed by atoms with Crippen molar-refractivity contribution in [3.63, 3.8) is 0 Å². The van der Waals surface area contributed by atoms with Gasteiger partial charge in [0.25, 0.3) is 0 Å². The molecule has 0 spiro atoms. The van der Waals surface area contributed by atoms with Gasteiger partial charge in [0, 0.05) is 30.6 Å². The molecule has 0 amide bonds. The largest absolute Gasteiger partial charge is 0.492 e. The average Bonchev–Trinajstić information content (AvgIpc) is 3.18. The molecule has 0 heterocycles. The maximum Gasteiger partial charge on any atom is 0.374 e. The van der Waals surface area contributed by atoms with Gasteiger partial charge >= 0.3 is 23.9 Å². The van der Waals surface area contributed by atoms with Crippen molar-refractivity contribution >= 4 is 35.4 Å². The lowest BCUT2D eigenvalue weighted by Gasteiger charge is -2.32. The highest BCUT2D eigenvalue weighted by atomic mass is 19.1. The number of hydrogen-bond donors (Lipinski definition) is 0.